The van der Waals surface area contributed by atoms with Crippen molar-refractivity contribution < 1.29 is 0 Å². The molecule has 0 amide bonds. The third kappa shape index (κ3) is 4.26. The van der Waals surface area contributed by atoms with Crippen molar-refractivity contribution in [2.75, 3.05) is 5.32 Å². The minimum absolute atomic E-state index is 0.700. The summed E-state index contributed by atoms with van der Waals surface area (Å²) in [5.41, 5.74) is 2.86. The fraction of sp³-hybridized carbons (Fsp3) is 0.667. The molecule has 1 aromatic carbocycles. The molecule has 0 radical (unpaired) electrons. The predicted molar refractivity (Wildman–Crippen MR) is 84.7 cm³/mol. The van der Waals surface area contributed by atoms with Crippen LogP contribution in [-0.2, 0) is 6.42 Å². The molecule has 1 aliphatic rings. The van der Waals surface area contributed by atoms with Crippen molar-refractivity contribution in [2.45, 2.75) is 71.3 Å². The number of anilines is 1. The summed E-state index contributed by atoms with van der Waals surface area (Å²) in [6, 6.07) is 9.54. The van der Waals surface area contributed by atoms with Gasteiger partial charge < -0.3 is 5.32 Å². The number of benzene rings is 1. The zero-order valence-corrected chi connectivity index (χ0v) is 12.6. The smallest absolute Gasteiger partial charge is 0.0374 e. The molecule has 106 valence electrons. The van der Waals surface area contributed by atoms with Gasteiger partial charge in [-0.25, -0.2) is 0 Å². The van der Waals surface area contributed by atoms with Crippen LogP contribution in [0, 0.1) is 5.92 Å². The average Bonchev–Trinajstić information content (AvgIpc) is 2.44. The quantitative estimate of drug-likeness (QED) is 0.720. The molecule has 1 heteroatoms. The summed E-state index contributed by atoms with van der Waals surface area (Å²) >= 11 is 0. The number of hydrogen-bond donors (Lipinski definition) is 1. The normalized spacial score (nSPS) is 23.3. The largest absolute Gasteiger partial charge is 0.382 e. The van der Waals surface area contributed by atoms with Crippen molar-refractivity contribution in [3.8, 4) is 0 Å². The van der Waals surface area contributed by atoms with Gasteiger partial charge in [0.05, 0.1) is 0 Å². The molecule has 2 rings (SSSR count). The number of para-hydroxylation sites is 1. The van der Waals surface area contributed by atoms with Crippen LogP contribution in [0.3, 0.4) is 0 Å². The molecule has 1 N–H and O–H groups in total. The highest BCUT2D eigenvalue weighted by atomic mass is 14.9. The summed E-state index contributed by atoms with van der Waals surface area (Å²) < 4.78 is 0. The Morgan fingerprint density at radius 1 is 1.00 bits per heavy atom. The lowest BCUT2D eigenvalue weighted by atomic mass is 9.83. The topological polar surface area (TPSA) is 12.0 Å². The van der Waals surface area contributed by atoms with Crippen LogP contribution >= 0.6 is 0 Å². The summed E-state index contributed by atoms with van der Waals surface area (Å²) in [4.78, 5) is 0. The molecule has 1 saturated carbocycles. The van der Waals surface area contributed by atoms with Crippen molar-refractivity contribution in [1.29, 1.82) is 0 Å². The summed E-state index contributed by atoms with van der Waals surface area (Å²) in [5.74, 6) is 0.994. The fourth-order valence-electron chi connectivity index (χ4n) is 3.37. The molecule has 0 spiro atoms. The van der Waals surface area contributed by atoms with Crippen LogP contribution in [0.5, 0.6) is 0 Å². The highest BCUT2D eigenvalue weighted by Gasteiger charge is 2.20. The first-order chi connectivity index (χ1) is 9.33. The van der Waals surface area contributed by atoms with E-state index in [1.54, 1.807) is 0 Å². The molecule has 1 fully saturated rings. The SMILES string of the molecule is CCCc1ccccc1NC1CCC(CCC)CC1. The van der Waals surface area contributed by atoms with Crippen LogP contribution in [0.1, 0.15) is 64.4 Å². The average molecular weight is 259 g/mol. The van der Waals surface area contributed by atoms with Gasteiger partial charge in [0.15, 0.2) is 0 Å². The molecular weight excluding hydrogens is 230 g/mol. The van der Waals surface area contributed by atoms with Gasteiger partial charge in [-0.3, -0.25) is 0 Å². The maximum atomic E-state index is 3.80. The Morgan fingerprint density at radius 2 is 1.74 bits per heavy atom. The molecule has 0 bridgehead atoms. The van der Waals surface area contributed by atoms with E-state index < -0.39 is 0 Å². The van der Waals surface area contributed by atoms with Crippen LogP contribution < -0.4 is 5.32 Å². The summed E-state index contributed by atoms with van der Waals surface area (Å²) in [6.07, 6.45) is 10.7. The Kier molecular flexibility index (Phi) is 5.75. The molecule has 0 atom stereocenters. The van der Waals surface area contributed by atoms with Crippen molar-refractivity contribution in [1.82, 2.24) is 0 Å². The molecule has 0 unspecified atom stereocenters. The Morgan fingerprint density at radius 3 is 2.42 bits per heavy atom. The monoisotopic (exact) mass is 259 g/mol. The second kappa shape index (κ2) is 7.57. The third-order valence-corrected chi connectivity index (χ3v) is 4.44. The van der Waals surface area contributed by atoms with E-state index in [2.05, 4.69) is 43.4 Å². The van der Waals surface area contributed by atoms with E-state index in [0.29, 0.717) is 6.04 Å². The molecule has 0 aliphatic heterocycles. The minimum atomic E-state index is 0.700. The van der Waals surface area contributed by atoms with Gasteiger partial charge >= 0.3 is 0 Å². The molecule has 19 heavy (non-hydrogen) atoms. The third-order valence-electron chi connectivity index (χ3n) is 4.44. The molecule has 0 saturated heterocycles. The van der Waals surface area contributed by atoms with E-state index in [1.165, 1.54) is 62.6 Å². The fourth-order valence-corrected chi connectivity index (χ4v) is 3.37. The van der Waals surface area contributed by atoms with Crippen LogP contribution in [0.4, 0.5) is 5.69 Å². The van der Waals surface area contributed by atoms with Crippen molar-refractivity contribution in [3.63, 3.8) is 0 Å². The first-order valence-corrected chi connectivity index (χ1v) is 8.18. The van der Waals surface area contributed by atoms with Crippen molar-refractivity contribution >= 4 is 5.69 Å². The second-order valence-corrected chi connectivity index (χ2v) is 6.06. The van der Waals surface area contributed by atoms with Gasteiger partial charge in [0.25, 0.3) is 0 Å². The summed E-state index contributed by atoms with van der Waals surface area (Å²) in [7, 11) is 0. The van der Waals surface area contributed by atoms with Gasteiger partial charge in [0.1, 0.15) is 0 Å². The number of hydrogen-bond acceptors (Lipinski definition) is 1. The van der Waals surface area contributed by atoms with E-state index in [0.717, 1.165) is 5.92 Å². The van der Waals surface area contributed by atoms with Gasteiger partial charge in [-0.05, 0) is 49.7 Å². The van der Waals surface area contributed by atoms with E-state index >= 15 is 0 Å². The Labute approximate surface area is 118 Å². The Balaban J connectivity index is 1.88. The van der Waals surface area contributed by atoms with E-state index in [9.17, 15) is 0 Å². The lowest BCUT2D eigenvalue weighted by Gasteiger charge is -2.30. The minimum Gasteiger partial charge on any atom is -0.382 e. The Hall–Kier alpha value is -0.980. The first-order valence-electron chi connectivity index (χ1n) is 8.18. The second-order valence-electron chi connectivity index (χ2n) is 6.06. The standard InChI is InChI=1S/C18H29N/c1-3-7-15-11-13-17(14-12-15)19-18-10-6-5-9-16(18)8-4-2/h5-6,9-10,15,17,19H,3-4,7-8,11-14H2,1-2H3. The van der Waals surface area contributed by atoms with Gasteiger partial charge in [-0.2, -0.15) is 0 Å². The van der Waals surface area contributed by atoms with Crippen LogP contribution in [0.25, 0.3) is 0 Å². The molecule has 0 aromatic heterocycles. The first kappa shape index (κ1) is 14.4. The number of nitrogens with one attached hydrogen (secondary N) is 1. The van der Waals surface area contributed by atoms with E-state index in [4.69, 9.17) is 0 Å². The van der Waals surface area contributed by atoms with Gasteiger partial charge in [0.2, 0.25) is 0 Å². The van der Waals surface area contributed by atoms with Gasteiger partial charge in [-0.1, -0.05) is 51.3 Å². The van der Waals surface area contributed by atoms with Gasteiger partial charge in [-0.15, -0.1) is 0 Å². The van der Waals surface area contributed by atoms with Crippen LogP contribution in [0.2, 0.25) is 0 Å². The zero-order valence-electron chi connectivity index (χ0n) is 12.6. The maximum Gasteiger partial charge on any atom is 0.0374 e. The number of rotatable bonds is 6. The lowest BCUT2D eigenvalue weighted by Crippen LogP contribution is -2.26. The van der Waals surface area contributed by atoms with E-state index in [1.807, 2.05) is 0 Å². The predicted octanol–water partition coefficient (Wildman–Crippen LogP) is 5.41. The van der Waals surface area contributed by atoms with Crippen molar-refractivity contribution in [3.05, 3.63) is 29.8 Å². The molecule has 1 nitrogen and oxygen atoms in total. The van der Waals surface area contributed by atoms with Crippen LogP contribution in [0.15, 0.2) is 24.3 Å². The molecule has 1 aliphatic carbocycles. The highest BCUT2D eigenvalue weighted by Crippen LogP contribution is 2.30. The van der Waals surface area contributed by atoms with Crippen LogP contribution in [-0.4, -0.2) is 6.04 Å². The summed E-state index contributed by atoms with van der Waals surface area (Å²) in [6.45, 7) is 4.57. The maximum absolute atomic E-state index is 3.80. The zero-order chi connectivity index (χ0) is 13.5. The molecule has 0 heterocycles. The lowest BCUT2D eigenvalue weighted by molar-refractivity contribution is 0.319. The molecular formula is C18H29N. The summed E-state index contributed by atoms with van der Waals surface area (Å²) in [5, 5.41) is 3.80. The number of aryl methyl sites for hydroxylation is 1. The van der Waals surface area contributed by atoms with E-state index in [-0.39, 0.29) is 0 Å². The molecule has 1 aromatic rings. The van der Waals surface area contributed by atoms with Gasteiger partial charge in [0, 0.05) is 11.7 Å². The highest BCUT2D eigenvalue weighted by molar-refractivity contribution is 5.51. The van der Waals surface area contributed by atoms with Crippen molar-refractivity contribution in [2.24, 2.45) is 5.92 Å². The Bertz CT molecular complexity index is 364.